The molecule has 0 spiro atoms. The predicted octanol–water partition coefficient (Wildman–Crippen LogP) is 21.4. The highest BCUT2D eigenvalue weighted by Gasteiger charge is 2.25. The number of aryl methyl sites for hydroxylation is 2. The SMILES string of the molecule is Cc1ccc2c(oc3ccccc32)c1N(c1ccc(C(C)C)cc1)c1ccc2cc3c(cc2c1)oc1c3ccc2c3cc4ccc(N(c5ccc(C(C)C)cc5)c5c(C)ccc6c5oc5ccccc56)cc4cc3oc21. The third-order valence-corrected chi connectivity index (χ3v) is 16.0. The van der Waals surface area contributed by atoms with Crippen molar-refractivity contribution in [3.05, 3.63) is 216 Å². The van der Waals surface area contributed by atoms with Crippen molar-refractivity contribution in [3.63, 3.8) is 0 Å². The Balaban J connectivity index is 0.860. The van der Waals surface area contributed by atoms with Gasteiger partial charge in [-0.15, -0.1) is 0 Å². The quantitative estimate of drug-likeness (QED) is 0.151. The van der Waals surface area contributed by atoms with E-state index in [1.54, 1.807) is 0 Å². The first-order valence-electron chi connectivity index (χ1n) is 26.4. The van der Waals surface area contributed by atoms with Gasteiger partial charge >= 0.3 is 0 Å². The van der Waals surface area contributed by atoms with Gasteiger partial charge in [-0.25, -0.2) is 0 Å². The lowest BCUT2D eigenvalue weighted by Gasteiger charge is -2.27. The molecule has 0 saturated carbocycles. The minimum atomic E-state index is 0.417. The third-order valence-electron chi connectivity index (χ3n) is 16.0. The zero-order valence-electron chi connectivity index (χ0n) is 43.2. The van der Waals surface area contributed by atoms with E-state index in [0.29, 0.717) is 11.8 Å². The zero-order valence-corrected chi connectivity index (χ0v) is 43.2. The van der Waals surface area contributed by atoms with Gasteiger partial charge in [0.1, 0.15) is 22.3 Å². The van der Waals surface area contributed by atoms with Gasteiger partial charge in [-0.1, -0.05) is 125 Å². The number of fused-ring (bicyclic) bond motifs is 15. The van der Waals surface area contributed by atoms with Gasteiger partial charge in [0.15, 0.2) is 22.3 Å². The van der Waals surface area contributed by atoms with Crippen LogP contribution in [0, 0.1) is 13.8 Å². The molecule has 11 aromatic carbocycles. The molecule has 4 aromatic heterocycles. The van der Waals surface area contributed by atoms with Crippen molar-refractivity contribution >= 4 is 143 Å². The number of anilines is 6. The van der Waals surface area contributed by atoms with Crippen LogP contribution in [0.25, 0.3) is 109 Å². The fraction of sp³-hybridized carbons (Fsp3) is 0.114. The maximum atomic E-state index is 6.92. The zero-order chi connectivity index (χ0) is 51.1. The summed E-state index contributed by atoms with van der Waals surface area (Å²) in [4.78, 5) is 4.70. The van der Waals surface area contributed by atoms with Gasteiger partial charge < -0.3 is 27.5 Å². The second kappa shape index (κ2) is 16.6. The van der Waals surface area contributed by atoms with Crippen molar-refractivity contribution in [3.8, 4) is 0 Å². The molecule has 4 heterocycles. The van der Waals surface area contributed by atoms with Crippen LogP contribution < -0.4 is 9.80 Å². The van der Waals surface area contributed by atoms with E-state index in [9.17, 15) is 0 Å². The minimum absolute atomic E-state index is 0.417. The monoisotopic (exact) mass is 984 g/mol. The molecule has 0 N–H and O–H groups in total. The van der Waals surface area contributed by atoms with Gasteiger partial charge in [-0.05, 0) is 167 Å². The number of hydrogen-bond acceptors (Lipinski definition) is 6. The number of rotatable bonds is 8. The first-order valence-corrected chi connectivity index (χ1v) is 26.4. The Morgan fingerprint density at radius 3 is 1.08 bits per heavy atom. The summed E-state index contributed by atoms with van der Waals surface area (Å²) in [6.45, 7) is 13.3. The van der Waals surface area contributed by atoms with E-state index in [4.69, 9.17) is 17.7 Å². The normalized spacial score (nSPS) is 12.3. The van der Waals surface area contributed by atoms with Gasteiger partial charge in [0.2, 0.25) is 0 Å². The van der Waals surface area contributed by atoms with Crippen molar-refractivity contribution in [1.29, 1.82) is 0 Å². The highest BCUT2D eigenvalue weighted by Crippen LogP contribution is 2.48. The fourth-order valence-electron chi connectivity index (χ4n) is 11.9. The van der Waals surface area contributed by atoms with E-state index in [1.165, 1.54) is 11.1 Å². The topological polar surface area (TPSA) is 59.0 Å². The maximum Gasteiger partial charge on any atom is 0.178 e. The summed E-state index contributed by atoms with van der Waals surface area (Å²) in [5.41, 5.74) is 17.6. The smallest absolute Gasteiger partial charge is 0.178 e. The van der Waals surface area contributed by atoms with E-state index in [1.807, 2.05) is 12.1 Å². The molecule has 0 amide bonds. The van der Waals surface area contributed by atoms with E-state index in [2.05, 4.69) is 233 Å². The average Bonchev–Trinajstić information content (AvgIpc) is 4.31. The van der Waals surface area contributed by atoms with Crippen LogP contribution in [-0.2, 0) is 0 Å². The highest BCUT2D eigenvalue weighted by atomic mass is 16.4. The molecular weight excluding hydrogens is 933 g/mol. The fourth-order valence-corrected chi connectivity index (χ4v) is 11.9. The summed E-state index contributed by atoms with van der Waals surface area (Å²) in [6, 6.07) is 70.0. The van der Waals surface area contributed by atoms with Gasteiger partial charge in [0, 0.05) is 65.8 Å². The average molecular weight is 985 g/mol. The molecule has 0 aliphatic rings. The predicted molar refractivity (Wildman–Crippen MR) is 318 cm³/mol. The van der Waals surface area contributed by atoms with Crippen LogP contribution in [0.15, 0.2) is 212 Å². The van der Waals surface area contributed by atoms with Gasteiger partial charge in [0.25, 0.3) is 0 Å². The van der Waals surface area contributed by atoms with Crippen molar-refractivity contribution in [2.24, 2.45) is 0 Å². The summed E-state index contributed by atoms with van der Waals surface area (Å²) in [6.07, 6.45) is 0. The number of furan rings is 4. The lowest BCUT2D eigenvalue weighted by molar-refractivity contribution is 0.634. The molecule has 76 heavy (non-hydrogen) atoms. The Labute approximate surface area is 438 Å². The van der Waals surface area contributed by atoms with Crippen molar-refractivity contribution in [2.45, 2.75) is 53.4 Å². The van der Waals surface area contributed by atoms with Crippen LogP contribution in [0.5, 0.6) is 0 Å². The van der Waals surface area contributed by atoms with E-state index >= 15 is 0 Å². The molecule has 0 fully saturated rings. The molecule has 6 nitrogen and oxygen atoms in total. The van der Waals surface area contributed by atoms with E-state index < -0.39 is 0 Å². The van der Waals surface area contributed by atoms with Crippen LogP contribution in [-0.4, -0.2) is 0 Å². The third kappa shape index (κ3) is 6.73. The molecule has 0 aliphatic heterocycles. The lowest BCUT2D eigenvalue weighted by atomic mass is 10.0. The van der Waals surface area contributed by atoms with Crippen molar-refractivity contribution < 1.29 is 17.7 Å². The molecule has 0 unspecified atom stereocenters. The van der Waals surface area contributed by atoms with Crippen LogP contribution in [0.4, 0.5) is 34.1 Å². The Morgan fingerprint density at radius 1 is 0.289 bits per heavy atom. The van der Waals surface area contributed by atoms with Gasteiger partial charge in [-0.3, -0.25) is 0 Å². The van der Waals surface area contributed by atoms with Crippen LogP contribution in [0.1, 0.15) is 61.8 Å². The van der Waals surface area contributed by atoms with E-state index in [0.717, 1.165) is 155 Å². The number of nitrogens with zero attached hydrogens (tertiary/aromatic N) is 2. The first kappa shape index (κ1) is 44.2. The van der Waals surface area contributed by atoms with Crippen LogP contribution >= 0.6 is 0 Å². The molecule has 15 rings (SSSR count). The summed E-state index contributed by atoms with van der Waals surface area (Å²) in [5, 5.41) is 12.9. The summed E-state index contributed by atoms with van der Waals surface area (Å²) < 4.78 is 27.3. The highest BCUT2D eigenvalue weighted by molar-refractivity contribution is 6.22. The van der Waals surface area contributed by atoms with Gasteiger partial charge in [-0.2, -0.15) is 0 Å². The molecule has 0 atom stereocenters. The Bertz CT molecular complexity index is 4540. The summed E-state index contributed by atoms with van der Waals surface area (Å²) in [5.74, 6) is 0.834. The lowest BCUT2D eigenvalue weighted by Crippen LogP contribution is -2.12. The number of para-hydroxylation sites is 2. The molecule has 0 saturated heterocycles. The number of benzene rings is 11. The summed E-state index contributed by atoms with van der Waals surface area (Å²) >= 11 is 0. The summed E-state index contributed by atoms with van der Waals surface area (Å²) in [7, 11) is 0. The second-order valence-corrected chi connectivity index (χ2v) is 21.4. The first-order chi connectivity index (χ1) is 37.1. The molecule has 15 aromatic rings. The molecule has 366 valence electrons. The Kier molecular flexibility index (Phi) is 9.68. The van der Waals surface area contributed by atoms with Crippen molar-refractivity contribution in [2.75, 3.05) is 9.80 Å². The maximum absolute atomic E-state index is 6.92. The molecule has 0 radical (unpaired) electrons. The molecule has 0 aliphatic carbocycles. The molecule has 0 bridgehead atoms. The molecular formula is C70H52N2O4. The van der Waals surface area contributed by atoms with Crippen LogP contribution in [0.3, 0.4) is 0 Å². The van der Waals surface area contributed by atoms with Crippen LogP contribution in [0.2, 0.25) is 0 Å². The van der Waals surface area contributed by atoms with E-state index in [-0.39, 0.29) is 0 Å². The van der Waals surface area contributed by atoms with Gasteiger partial charge in [0.05, 0.1) is 11.4 Å². The number of hydrogen-bond donors (Lipinski definition) is 0. The van der Waals surface area contributed by atoms with Crippen molar-refractivity contribution in [1.82, 2.24) is 0 Å². The standard InChI is InChI=1S/C70H52N2O4/c1-39(2)43-17-23-49(24-18-43)71(65-41(5)15-29-55-53-11-7-9-13-61(53)73-67(55)65)51-27-21-45-35-59-57-31-32-58-60-36-46-22-28-52(34-48(46)38-64(60)76-70(58)69(57)75-63(59)37-47(45)33-51)72(50-25-19-44(20-26-50)40(3)4)66-42(6)16-30-56-54-12-8-10-14-62(54)74-68(56)66/h7-40H,1-6H3. The Morgan fingerprint density at radius 2 is 0.658 bits per heavy atom. The Hall–Kier alpha value is -9.26. The minimum Gasteiger partial charge on any atom is -0.454 e. The largest absolute Gasteiger partial charge is 0.454 e. The molecule has 6 heteroatoms. The second-order valence-electron chi connectivity index (χ2n) is 21.4.